The Balaban J connectivity index is 0.00000261. The molecular weight excluding hydrogens is 364 g/mol. The summed E-state index contributed by atoms with van der Waals surface area (Å²) in [6, 6.07) is 9.55. The van der Waals surface area contributed by atoms with Crippen molar-refractivity contribution >= 4 is 45.6 Å². The van der Waals surface area contributed by atoms with Crippen molar-refractivity contribution in [1.82, 2.24) is 9.88 Å². The molecule has 27 heavy (non-hydrogen) atoms. The van der Waals surface area contributed by atoms with Crippen molar-refractivity contribution in [3.05, 3.63) is 46.7 Å². The van der Waals surface area contributed by atoms with Crippen LogP contribution < -0.4 is 10.5 Å². The number of aryl methyl sites for hydroxylation is 2. The quantitative estimate of drug-likeness (QED) is 0.342. The van der Waals surface area contributed by atoms with Gasteiger partial charge >= 0.3 is 0 Å². The largest absolute Gasteiger partial charge is 0.595 e. The van der Waals surface area contributed by atoms with Crippen molar-refractivity contribution < 1.29 is 10.4 Å². The highest BCUT2D eigenvalue weighted by Crippen LogP contribution is 2.36. The zero-order valence-corrected chi connectivity index (χ0v) is 17.0. The molecule has 0 radical (unpaired) electrons. The van der Waals surface area contributed by atoms with Crippen LogP contribution in [0, 0.1) is 19.1 Å². The third-order valence-corrected chi connectivity index (χ3v) is 4.67. The Morgan fingerprint density at radius 2 is 1.81 bits per heavy atom. The number of aromatic nitrogens is 1. The molecule has 0 bridgehead atoms. The van der Waals surface area contributed by atoms with E-state index in [1.807, 2.05) is 52.2 Å². The fraction of sp³-hybridized carbons (Fsp3) is 0.350. The highest BCUT2D eigenvalue weighted by molar-refractivity contribution is 6.12. The van der Waals surface area contributed by atoms with E-state index in [0.717, 1.165) is 52.7 Å². The van der Waals surface area contributed by atoms with E-state index in [1.54, 1.807) is 6.07 Å². The standard InChI is InChI=1S/C20H26N4O2.ClH/c1-13-7-5-8-15-18(13)22-19-14(2)9-10-16(24(25)26)17(19)20(15)21-11-6-12-23(3)4;/h5,7-10,24-25H,6,11-12H2,1-4H3,(H,21,22);1H. The molecule has 0 amide bonds. The van der Waals surface area contributed by atoms with Gasteiger partial charge in [0.05, 0.1) is 22.1 Å². The van der Waals surface area contributed by atoms with Crippen molar-refractivity contribution in [3.63, 3.8) is 0 Å². The molecule has 0 saturated carbocycles. The van der Waals surface area contributed by atoms with Crippen LogP contribution in [0.15, 0.2) is 30.3 Å². The Labute approximate surface area is 165 Å². The second-order valence-corrected chi connectivity index (χ2v) is 7.00. The zero-order chi connectivity index (χ0) is 18.8. The lowest BCUT2D eigenvalue weighted by Gasteiger charge is -2.20. The Morgan fingerprint density at radius 1 is 1.11 bits per heavy atom. The molecule has 1 heterocycles. The monoisotopic (exact) mass is 390 g/mol. The fourth-order valence-electron chi connectivity index (χ4n) is 3.32. The van der Waals surface area contributed by atoms with E-state index in [1.165, 1.54) is 0 Å². The number of pyridine rings is 1. The number of rotatable bonds is 6. The highest BCUT2D eigenvalue weighted by Gasteiger charge is 2.18. The summed E-state index contributed by atoms with van der Waals surface area (Å²) in [6.45, 7) is 5.75. The van der Waals surface area contributed by atoms with Crippen molar-refractivity contribution in [2.45, 2.75) is 20.3 Å². The number of nitrogens with zero attached hydrogens (tertiary/aromatic N) is 2. The first-order chi connectivity index (χ1) is 12.4. The van der Waals surface area contributed by atoms with Crippen molar-refractivity contribution in [2.75, 3.05) is 32.5 Å². The van der Waals surface area contributed by atoms with Crippen LogP contribution in [0.5, 0.6) is 0 Å². The van der Waals surface area contributed by atoms with E-state index in [9.17, 15) is 10.4 Å². The lowest BCUT2D eigenvalue weighted by molar-refractivity contribution is -0.990. The number of benzene rings is 2. The van der Waals surface area contributed by atoms with E-state index in [0.29, 0.717) is 5.39 Å². The normalized spacial score (nSPS) is 12.4. The number of halogens is 1. The summed E-state index contributed by atoms with van der Waals surface area (Å²) in [5, 5.41) is 25.8. The van der Waals surface area contributed by atoms with Crippen molar-refractivity contribution in [3.8, 4) is 0 Å². The average molecular weight is 391 g/mol. The molecule has 146 valence electrons. The summed E-state index contributed by atoms with van der Waals surface area (Å²) < 4.78 is 0. The number of quaternary nitrogens is 1. The van der Waals surface area contributed by atoms with Gasteiger partial charge in [0, 0.05) is 18.0 Å². The smallest absolute Gasteiger partial charge is 0.175 e. The zero-order valence-electron chi connectivity index (χ0n) is 16.2. The van der Waals surface area contributed by atoms with Gasteiger partial charge in [-0.25, -0.2) is 10.2 Å². The minimum Gasteiger partial charge on any atom is -0.595 e. The van der Waals surface area contributed by atoms with Gasteiger partial charge in [-0.3, -0.25) is 0 Å². The molecule has 0 aliphatic heterocycles. The topological polar surface area (TPSA) is 75.9 Å². The third kappa shape index (κ3) is 4.31. The number of hydrogen-bond donors (Lipinski definition) is 3. The van der Waals surface area contributed by atoms with Gasteiger partial charge in [-0.2, -0.15) is 5.23 Å². The second-order valence-electron chi connectivity index (χ2n) is 7.00. The van der Waals surface area contributed by atoms with Crippen LogP contribution in [0.4, 0.5) is 11.4 Å². The van der Waals surface area contributed by atoms with Crippen LogP contribution in [0.2, 0.25) is 0 Å². The molecule has 0 saturated heterocycles. The van der Waals surface area contributed by atoms with Gasteiger partial charge in [0.25, 0.3) is 0 Å². The van der Waals surface area contributed by atoms with Crippen molar-refractivity contribution in [2.24, 2.45) is 0 Å². The van der Waals surface area contributed by atoms with Gasteiger partial charge in [0.2, 0.25) is 0 Å². The number of anilines is 1. The van der Waals surface area contributed by atoms with Gasteiger partial charge in [0.1, 0.15) is 0 Å². The lowest BCUT2D eigenvalue weighted by Crippen LogP contribution is -2.99. The molecule has 2 aromatic carbocycles. The molecule has 1 aromatic heterocycles. The molecule has 3 aromatic rings. The van der Waals surface area contributed by atoms with E-state index in [-0.39, 0.29) is 18.1 Å². The van der Waals surface area contributed by atoms with Crippen LogP contribution >= 0.6 is 12.4 Å². The van der Waals surface area contributed by atoms with Gasteiger partial charge in [0.15, 0.2) is 5.69 Å². The van der Waals surface area contributed by atoms with Crippen LogP contribution in [0.3, 0.4) is 0 Å². The van der Waals surface area contributed by atoms with Gasteiger partial charge in [-0.1, -0.05) is 24.3 Å². The summed E-state index contributed by atoms with van der Waals surface area (Å²) in [7, 11) is 4.10. The number of fused-ring (bicyclic) bond motifs is 2. The number of hydrogen-bond acceptors (Lipinski definition) is 5. The van der Waals surface area contributed by atoms with Crippen molar-refractivity contribution in [1.29, 1.82) is 0 Å². The first-order valence-corrected chi connectivity index (χ1v) is 8.84. The maximum Gasteiger partial charge on any atom is 0.175 e. The third-order valence-electron chi connectivity index (χ3n) is 4.67. The van der Waals surface area contributed by atoms with Crippen LogP contribution in [-0.4, -0.2) is 42.3 Å². The number of nitrogens with one attached hydrogen (secondary N) is 2. The predicted molar refractivity (Wildman–Crippen MR) is 113 cm³/mol. The summed E-state index contributed by atoms with van der Waals surface area (Å²) >= 11 is 0. The molecule has 7 heteroatoms. The molecule has 1 atom stereocenters. The molecule has 0 aliphatic carbocycles. The molecule has 1 unspecified atom stereocenters. The first-order valence-electron chi connectivity index (χ1n) is 8.84. The van der Waals surface area contributed by atoms with Gasteiger partial charge in [-0.15, -0.1) is 12.4 Å². The summed E-state index contributed by atoms with van der Waals surface area (Å²) in [6.07, 6.45) is 0.971. The maximum atomic E-state index is 11.8. The molecule has 0 fully saturated rings. The predicted octanol–water partition coefficient (Wildman–Crippen LogP) is 3.19. The molecule has 0 spiro atoms. The average Bonchev–Trinajstić information content (AvgIpc) is 2.58. The maximum absolute atomic E-state index is 11.8. The minimum absolute atomic E-state index is 0. The van der Waals surface area contributed by atoms with Crippen LogP contribution in [-0.2, 0) is 0 Å². The molecule has 3 rings (SSSR count). The molecule has 6 nitrogen and oxygen atoms in total. The minimum atomic E-state index is -0.930. The Hall–Kier alpha value is -1.96. The molecular formula is C20H27ClN4O2. The number of para-hydroxylation sites is 1. The summed E-state index contributed by atoms with van der Waals surface area (Å²) in [5.74, 6) is 0. The summed E-state index contributed by atoms with van der Waals surface area (Å²) in [5.41, 5.74) is 4.89. The fourth-order valence-corrected chi connectivity index (χ4v) is 3.32. The Morgan fingerprint density at radius 3 is 2.48 bits per heavy atom. The van der Waals surface area contributed by atoms with Crippen LogP contribution in [0.25, 0.3) is 21.8 Å². The summed E-state index contributed by atoms with van der Waals surface area (Å²) in [4.78, 5) is 6.97. The molecule has 3 N–H and O–H groups in total. The van der Waals surface area contributed by atoms with E-state index in [4.69, 9.17) is 4.98 Å². The SMILES string of the molecule is Cc1cccc2c(NCCCN(C)C)c3c([NH+]([O-])O)ccc(C)c3nc12.Cl. The second kappa shape index (κ2) is 8.82. The first kappa shape index (κ1) is 21.3. The van der Waals surface area contributed by atoms with Gasteiger partial charge in [-0.05, 0) is 52.0 Å². The van der Waals surface area contributed by atoms with E-state index < -0.39 is 5.23 Å². The Bertz CT molecular complexity index is 944. The lowest BCUT2D eigenvalue weighted by atomic mass is 10.0. The van der Waals surface area contributed by atoms with Gasteiger partial charge < -0.3 is 15.4 Å². The molecule has 0 aliphatic rings. The van der Waals surface area contributed by atoms with E-state index >= 15 is 0 Å². The van der Waals surface area contributed by atoms with Crippen LogP contribution in [0.1, 0.15) is 17.5 Å². The highest BCUT2D eigenvalue weighted by atomic mass is 35.5. The van der Waals surface area contributed by atoms with E-state index in [2.05, 4.69) is 10.2 Å². The Kier molecular flexibility index (Phi) is 6.97.